The van der Waals surface area contributed by atoms with Crippen LogP contribution in [-0.4, -0.2) is 96.7 Å². The van der Waals surface area contributed by atoms with Crippen LogP contribution in [0.25, 0.3) is 0 Å². The number of hydrogen-bond acceptors (Lipinski definition) is 15. The first-order valence-corrected chi connectivity index (χ1v) is 38.2. The van der Waals surface area contributed by atoms with Gasteiger partial charge in [-0.2, -0.15) is 0 Å². The molecule has 6 atom stereocenters. The van der Waals surface area contributed by atoms with Gasteiger partial charge in [0.05, 0.1) is 26.4 Å². The average Bonchev–Trinajstić information content (AvgIpc) is 3.66. The molecule has 0 saturated carbocycles. The van der Waals surface area contributed by atoms with Gasteiger partial charge in [0.15, 0.2) is 12.2 Å². The Morgan fingerprint density at radius 3 is 0.826 bits per heavy atom. The molecule has 0 aliphatic carbocycles. The highest BCUT2D eigenvalue weighted by Crippen LogP contribution is 2.45. The van der Waals surface area contributed by atoms with Gasteiger partial charge in [-0.05, 0) is 31.6 Å². The van der Waals surface area contributed by atoms with E-state index in [1.54, 1.807) is 0 Å². The first-order valence-electron chi connectivity index (χ1n) is 35.2. The summed E-state index contributed by atoms with van der Waals surface area (Å²) in [6, 6.07) is 0. The van der Waals surface area contributed by atoms with Crippen LogP contribution in [-0.2, 0) is 65.4 Å². The normalized spacial score (nSPS) is 14.5. The lowest BCUT2D eigenvalue weighted by atomic mass is 9.99. The van der Waals surface area contributed by atoms with Crippen molar-refractivity contribution in [2.45, 2.75) is 361 Å². The Morgan fingerprint density at radius 1 is 0.326 bits per heavy atom. The van der Waals surface area contributed by atoms with Gasteiger partial charge in [-0.15, -0.1) is 0 Å². The molecule has 3 N–H and O–H groups in total. The molecule has 0 aromatic rings. The fourth-order valence-corrected chi connectivity index (χ4v) is 11.7. The quantitative estimate of drug-likeness (QED) is 0.0222. The summed E-state index contributed by atoms with van der Waals surface area (Å²) in [5.41, 5.74) is 0. The molecule has 0 amide bonds. The zero-order chi connectivity index (χ0) is 63.5. The summed E-state index contributed by atoms with van der Waals surface area (Å²) in [7, 11) is -9.88. The highest BCUT2D eigenvalue weighted by atomic mass is 31.2. The molecule has 0 saturated heterocycles. The van der Waals surface area contributed by atoms with E-state index in [1.165, 1.54) is 148 Å². The fourth-order valence-electron chi connectivity index (χ4n) is 10.1. The minimum absolute atomic E-state index is 0.105. The van der Waals surface area contributed by atoms with Gasteiger partial charge in [0.2, 0.25) is 0 Å². The maximum Gasteiger partial charge on any atom is 0.472 e. The molecule has 0 aliphatic rings. The van der Waals surface area contributed by atoms with Crippen LogP contribution in [0.3, 0.4) is 0 Å². The van der Waals surface area contributed by atoms with E-state index in [9.17, 15) is 43.2 Å². The highest BCUT2D eigenvalue weighted by Gasteiger charge is 2.30. The molecule has 17 nitrogen and oxygen atoms in total. The summed E-state index contributed by atoms with van der Waals surface area (Å²) in [4.78, 5) is 72.2. The number of unbranched alkanes of at least 4 members (excludes halogenated alkanes) is 38. The summed E-state index contributed by atoms with van der Waals surface area (Å²) in [5, 5.41) is 10.5. The molecular weight excluding hydrogens is 1140 g/mol. The highest BCUT2D eigenvalue weighted by molar-refractivity contribution is 7.47. The van der Waals surface area contributed by atoms with E-state index in [0.717, 1.165) is 115 Å². The zero-order valence-electron chi connectivity index (χ0n) is 55.4. The van der Waals surface area contributed by atoms with Crippen molar-refractivity contribution in [3.05, 3.63) is 0 Å². The van der Waals surface area contributed by atoms with Crippen LogP contribution < -0.4 is 0 Å². The molecule has 3 unspecified atom stereocenters. The molecule has 0 aromatic heterocycles. The van der Waals surface area contributed by atoms with Gasteiger partial charge in [-0.25, -0.2) is 9.13 Å². The Morgan fingerprint density at radius 2 is 0.558 bits per heavy atom. The topological polar surface area (TPSA) is 237 Å². The number of rotatable bonds is 67. The number of phosphoric ester groups is 2. The molecular formula is C67H130O17P2. The molecule has 510 valence electrons. The third kappa shape index (κ3) is 59.7. The number of carbonyl (C=O) groups excluding carboxylic acids is 4. The molecule has 19 heteroatoms. The van der Waals surface area contributed by atoms with Gasteiger partial charge >= 0.3 is 39.5 Å². The molecule has 0 fully saturated rings. The summed E-state index contributed by atoms with van der Waals surface area (Å²) in [6.45, 7) is 7.21. The molecule has 0 spiro atoms. The number of ether oxygens (including phenoxy) is 4. The van der Waals surface area contributed by atoms with Crippen LogP contribution >= 0.6 is 15.6 Å². The average molecular weight is 1270 g/mol. The van der Waals surface area contributed by atoms with Gasteiger partial charge in [-0.1, -0.05) is 291 Å². The van der Waals surface area contributed by atoms with Crippen LogP contribution in [0.2, 0.25) is 0 Å². The molecule has 86 heavy (non-hydrogen) atoms. The van der Waals surface area contributed by atoms with E-state index in [-0.39, 0.29) is 25.7 Å². The maximum atomic E-state index is 13.0. The van der Waals surface area contributed by atoms with E-state index >= 15 is 0 Å². The lowest BCUT2D eigenvalue weighted by Gasteiger charge is -2.21. The molecule has 0 aliphatic heterocycles. The SMILES string of the molecule is CCCCCCCCCCCCCCCC(=O)OC[C@H](COP(=O)(O)OC[C@@H](O)COP(=O)(O)OC[C@@H](COC(=O)CCCCCCCCC)OC(=O)CCCCCCCCCC)OC(=O)CCCCCCCCCCCCCCCCC(C)CC. The van der Waals surface area contributed by atoms with E-state index in [2.05, 4.69) is 34.6 Å². The molecule has 0 heterocycles. The third-order valence-electron chi connectivity index (χ3n) is 15.9. The Labute approximate surface area is 524 Å². The Bertz CT molecular complexity index is 1670. The third-order valence-corrected chi connectivity index (χ3v) is 17.8. The monoisotopic (exact) mass is 1270 g/mol. The number of phosphoric acid groups is 2. The van der Waals surface area contributed by atoms with E-state index in [4.69, 9.17) is 37.0 Å². The second-order valence-electron chi connectivity index (χ2n) is 24.5. The summed E-state index contributed by atoms with van der Waals surface area (Å²) in [5.74, 6) is -1.29. The standard InChI is InChI=1S/C67H130O17P2/c1-6-10-13-16-19-21-22-25-29-32-37-41-46-51-65(70)78-57-63(84-67(72)53-48-43-38-33-30-27-24-23-26-28-31-35-39-44-49-60(5)9-4)59-82-86(75,76)80-55-61(68)54-79-85(73,74)81-58-62(56-77-64(69)50-45-40-34-18-15-12-8-3)83-66(71)52-47-42-36-20-17-14-11-7-2/h60-63,68H,6-59H2,1-5H3,(H,73,74)(H,75,76)/t60?,61-,62+,63+/m0/s1. The largest absolute Gasteiger partial charge is 0.472 e. The molecule has 0 radical (unpaired) electrons. The van der Waals surface area contributed by atoms with Crippen LogP contribution in [0.1, 0.15) is 343 Å². The van der Waals surface area contributed by atoms with Crippen molar-refractivity contribution in [2.75, 3.05) is 39.6 Å². The van der Waals surface area contributed by atoms with Crippen molar-refractivity contribution in [1.82, 2.24) is 0 Å². The zero-order valence-corrected chi connectivity index (χ0v) is 57.2. The predicted molar refractivity (Wildman–Crippen MR) is 345 cm³/mol. The van der Waals surface area contributed by atoms with Crippen LogP contribution in [0.15, 0.2) is 0 Å². The first-order chi connectivity index (χ1) is 41.6. The summed E-state index contributed by atoms with van der Waals surface area (Å²) in [6.07, 6.45) is 45.9. The second-order valence-corrected chi connectivity index (χ2v) is 27.4. The Hall–Kier alpha value is -1.94. The minimum atomic E-state index is -4.95. The minimum Gasteiger partial charge on any atom is -0.462 e. The van der Waals surface area contributed by atoms with Crippen LogP contribution in [0.4, 0.5) is 0 Å². The number of aliphatic hydroxyl groups is 1. The number of carbonyl (C=O) groups is 4. The van der Waals surface area contributed by atoms with E-state index < -0.39 is 97.5 Å². The van der Waals surface area contributed by atoms with Crippen molar-refractivity contribution < 1.29 is 80.2 Å². The molecule has 0 bridgehead atoms. The summed E-state index contributed by atoms with van der Waals surface area (Å²) < 4.78 is 68.0. The van der Waals surface area contributed by atoms with Crippen molar-refractivity contribution >= 4 is 39.5 Å². The maximum absolute atomic E-state index is 13.0. The lowest BCUT2D eigenvalue weighted by Crippen LogP contribution is -2.30. The van der Waals surface area contributed by atoms with E-state index in [1.807, 2.05) is 0 Å². The van der Waals surface area contributed by atoms with Crippen molar-refractivity contribution in [2.24, 2.45) is 5.92 Å². The Kier molecular flexibility index (Phi) is 59.2. The first kappa shape index (κ1) is 84.1. The lowest BCUT2D eigenvalue weighted by molar-refractivity contribution is -0.161. The molecule has 0 rings (SSSR count). The van der Waals surface area contributed by atoms with Crippen molar-refractivity contribution in [1.29, 1.82) is 0 Å². The smallest absolute Gasteiger partial charge is 0.462 e. The number of hydrogen-bond donors (Lipinski definition) is 3. The van der Waals surface area contributed by atoms with Crippen molar-refractivity contribution in [3.63, 3.8) is 0 Å². The van der Waals surface area contributed by atoms with Gasteiger partial charge in [0, 0.05) is 25.7 Å². The number of aliphatic hydroxyl groups excluding tert-OH is 1. The van der Waals surface area contributed by atoms with Gasteiger partial charge < -0.3 is 33.8 Å². The Balaban J connectivity index is 5.17. The van der Waals surface area contributed by atoms with E-state index in [0.29, 0.717) is 25.7 Å². The number of esters is 4. The summed E-state index contributed by atoms with van der Waals surface area (Å²) >= 11 is 0. The van der Waals surface area contributed by atoms with Gasteiger partial charge in [-0.3, -0.25) is 37.3 Å². The van der Waals surface area contributed by atoms with Crippen molar-refractivity contribution in [3.8, 4) is 0 Å². The van der Waals surface area contributed by atoms with Gasteiger partial charge in [0.25, 0.3) is 0 Å². The van der Waals surface area contributed by atoms with Crippen LogP contribution in [0.5, 0.6) is 0 Å². The second kappa shape index (κ2) is 60.6. The molecule has 0 aromatic carbocycles. The van der Waals surface area contributed by atoms with Crippen LogP contribution in [0, 0.1) is 5.92 Å². The van der Waals surface area contributed by atoms with Gasteiger partial charge in [0.1, 0.15) is 19.3 Å². The fraction of sp³-hybridized carbons (Fsp3) is 0.940. The predicted octanol–water partition coefficient (Wildman–Crippen LogP) is 19.0.